The summed E-state index contributed by atoms with van der Waals surface area (Å²) in [6.45, 7) is 11.4. The third-order valence-electron chi connectivity index (χ3n) is 5.45. The first-order valence-corrected chi connectivity index (χ1v) is 11.3. The van der Waals surface area contributed by atoms with Crippen LogP contribution in [0.3, 0.4) is 0 Å². The van der Waals surface area contributed by atoms with E-state index in [0.29, 0.717) is 18.7 Å². The van der Waals surface area contributed by atoms with Gasteiger partial charge in [0.05, 0.1) is 12.2 Å². The molecule has 0 spiro atoms. The van der Waals surface area contributed by atoms with Gasteiger partial charge in [-0.3, -0.25) is 4.79 Å². The zero-order chi connectivity index (χ0) is 21.7. The molecule has 0 N–H and O–H groups in total. The summed E-state index contributed by atoms with van der Waals surface area (Å²) >= 11 is 1.58. The fraction of sp³-hybridized carbons (Fsp3) is 0.360. The average Bonchev–Trinajstić information content (AvgIpc) is 3.20. The van der Waals surface area contributed by atoms with Crippen molar-refractivity contribution in [1.82, 2.24) is 9.88 Å². The van der Waals surface area contributed by atoms with Gasteiger partial charge in [0, 0.05) is 17.0 Å². The molecule has 158 valence electrons. The second-order valence-electron chi connectivity index (χ2n) is 7.78. The molecule has 0 aliphatic heterocycles. The molecule has 1 heterocycles. The Balaban J connectivity index is 1.70. The normalized spacial score (nSPS) is 11.9. The van der Waals surface area contributed by atoms with Gasteiger partial charge in [-0.25, -0.2) is 4.98 Å². The van der Waals surface area contributed by atoms with Crippen molar-refractivity contribution >= 4 is 17.2 Å². The first-order chi connectivity index (χ1) is 14.4. The zero-order valence-electron chi connectivity index (χ0n) is 18.4. The Morgan fingerprint density at radius 1 is 1.17 bits per heavy atom. The summed E-state index contributed by atoms with van der Waals surface area (Å²) in [5.41, 5.74) is 5.20. The van der Waals surface area contributed by atoms with Crippen LogP contribution in [0.1, 0.15) is 58.0 Å². The Morgan fingerprint density at radius 2 is 1.90 bits per heavy atom. The van der Waals surface area contributed by atoms with E-state index in [-0.39, 0.29) is 11.9 Å². The molecule has 4 nitrogen and oxygen atoms in total. The molecular weight excluding hydrogens is 392 g/mol. The molecule has 0 radical (unpaired) electrons. The van der Waals surface area contributed by atoms with Gasteiger partial charge in [-0.15, -0.1) is 11.3 Å². The Bertz CT molecular complexity index is 998. The van der Waals surface area contributed by atoms with Crippen LogP contribution in [0.2, 0.25) is 0 Å². The fourth-order valence-electron chi connectivity index (χ4n) is 3.35. The molecule has 0 fully saturated rings. The van der Waals surface area contributed by atoms with E-state index in [4.69, 9.17) is 9.72 Å². The van der Waals surface area contributed by atoms with Crippen molar-refractivity contribution < 1.29 is 9.53 Å². The maximum atomic E-state index is 13.0. The standard InChI is InChI=1S/C25H30N2O2S/c1-6-19(4)27(25(28)21-10-8-7-9-11-21)14-22-16-30-24(26-22)15-29-23-13-17(2)12-18(3)20(23)5/h7-13,16,19H,6,14-15H2,1-5H3/t19-/m0/s1. The van der Waals surface area contributed by atoms with Crippen molar-refractivity contribution in [3.8, 4) is 5.75 Å². The van der Waals surface area contributed by atoms with E-state index in [1.165, 1.54) is 11.1 Å². The van der Waals surface area contributed by atoms with Crippen molar-refractivity contribution in [2.75, 3.05) is 0 Å². The molecule has 0 aliphatic carbocycles. The van der Waals surface area contributed by atoms with Gasteiger partial charge in [-0.1, -0.05) is 31.2 Å². The highest BCUT2D eigenvalue weighted by molar-refractivity contribution is 7.09. The lowest BCUT2D eigenvalue weighted by atomic mass is 10.1. The second-order valence-corrected chi connectivity index (χ2v) is 8.73. The smallest absolute Gasteiger partial charge is 0.254 e. The van der Waals surface area contributed by atoms with E-state index in [1.807, 2.05) is 40.6 Å². The third-order valence-corrected chi connectivity index (χ3v) is 6.32. The number of ether oxygens (including phenoxy) is 1. The minimum atomic E-state index is 0.0432. The third kappa shape index (κ3) is 5.28. The number of carbonyl (C=O) groups is 1. The number of aryl methyl sites for hydroxylation is 2. The summed E-state index contributed by atoms with van der Waals surface area (Å²) < 4.78 is 6.06. The first-order valence-electron chi connectivity index (χ1n) is 10.4. The summed E-state index contributed by atoms with van der Waals surface area (Å²) in [7, 11) is 0. The van der Waals surface area contributed by atoms with Crippen LogP contribution in [0.25, 0.3) is 0 Å². The minimum absolute atomic E-state index is 0.0432. The molecule has 0 saturated carbocycles. The highest BCUT2D eigenvalue weighted by Gasteiger charge is 2.21. The van der Waals surface area contributed by atoms with Crippen LogP contribution in [0, 0.1) is 20.8 Å². The van der Waals surface area contributed by atoms with Crippen molar-refractivity contribution in [2.45, 2.75) is 60.2 Å². The molecule has 1 amide bonds. The van der Waals surface area contributed by atoms with Gasteiger partial charge < -0.3 is 9.64 Å². The van der Waals surface area contributed by atoms with Crippen molar-refractivity contribution in [3.63, 3.8) is 0 Å². The lowest BCUT2D eigenvalue weighted by Gasteiger charge is -2.28. The number of carbonyl (C=O) groups excluding carboxylic acids is 1. The van der Waals surface area contributed by atoms with Crippen LogP contribution in [-0.2, 0) is 13.2 Å². The second kappa shape index (κ2) is 9.90. The van der Waals surface area contributed by atoms with Gasteiger partial charge >= 0.3 is 0 Å². The van der Waals surface area contributed by atoms with Crippen LogP contribution in [0.4, 0.5) is 0 Å². The minimum Gasteiger partial charge on any atom is -0.486 e. The van der Waals surface area contributed by atoms with Crippen LogP contribution >= 0.6 is 11.3 Å². The molecule has 3 aromatic rings. The maximum absolute atomic E-state index is 13.0. The largest absolute Gasteiger partial charge is 0.486 e. The summed E-state index contributed by atoms with van der Waals surface area (Å²) in [6.07, 6.45) is 0.894. The topological polar surface area (TPSA) is 42.4 Å². The summed E-state index contributed by atoms with van der Waals surface area (Å²) in [6, 6.07) is 13.8. The van der Waals surface area contributed by atoms with Gasteiger partial charge in [-0.2, -0.15) is 0 Å². The first kappa shape index (κ1) is 22.0. The lowest BCUT2D eigenvalue weighted by Crippen LogP contribution is -2.37. The van der Waals surface area contributed by atoms with Gasteiger partial charge in [0.1, 0.15) is 17.4 Å². The Hall–Kier alpha value is -2.66. The molecule has 30 heavy (non-hydrogen) atoms. The number of benzene rings is 2. The van der Waals surface area contributed by atoms with Crippen LogP contribution < -0.4 is 4.74 Å². The number of rotatable bonds is 8. The van der Waals surface area contributed by atoms with Gasteiger partial charge in [-0.05, 0) is 69.0 Å². The molecule has 0 aliphatic rings. The van der Waals surface area contributed by atoms with E-state index in [1.54, 1.807) is 11.3 Å². The number of hydrogen-bond donors (Lipinski definition) is 0. The van der Waals surface area contributed by atoms with Crippen molar-refractivity contribution in [2.24, 2.45) is 0 Å². The molecule has 5 heteroatoms. The zero-order valence-corrected chi connectivity index (χ0v) is 19.3. The lowest BCUT2D eigenvalue weighted by molar-refractivity contribution is 0.0669. The number of aromatic nitrogens is 1. The summed E-state index contributed by atoms with van der Waals surface area (Å²) in [4.78, 5) is 19.7. The van der Waals surface area contributed by atoms with Gasteiger partial charge in [0.2, 0.25) is 0 Å². The van der Waals surface area contributed by atoms with Crippen LogP contribution in [0.5, 0.6) is 5.75 Å². The number of amides is 1. The number of hydrogen-bond acceptors (Lipinski definition) is 4. The molecular formula is C25H30N2O2S. The van der Waals surface area contributed by atoms with Crippen molar-refractivity contribution in [3.05, 3.63) is 80.8 Å². The Morgan fingerprint density at radius 3 is 2.60 bits per heavy atom. The van der Waals surface area contributed by atoms with E-state index in [0.717, 1.165) is 28.4 Å². The van der Waals surface area contributed by atoms with Crippen LogP contribution in [0.15, 0.2) is 47.8 Å². The average molecular weight is 423 g/mol. The fourth-order valence-corrected chi connectivity index (χ4v) is 4.04. The SMILES string of the molecule is CC[C@H](C)N(Cc1csc(COc2cc(C)cc(C)c2C)n1)C(=O)c1ccccc1. The van der Waals surface area contributed by atoms with Crippen LogP contribution in [-0.4, -0.2) is 21.8 Å². The van der Waals surface area contributed by atoms with Crippen molar-refractivity contribution in [1.29, 1.82) is 0 Å². The predicted molar refractivity (Wildman–Crippen MR) is 123 cm³/mol. The Labute approximate surface area is 183 Å². The molecule has 0 unspecified atom stereocenters. The molecule has 2 aromatic carbocycles. The summed E-state index contributed by atoms with van der Waals surface area (Å²) in [5.74, 6) is 0.950. The number of nitrogens with zero attached hydrogens (tertiary/aromatic N) is 2. The monoisotopic (exact) mass is 422 g/mol. The van der Waals surface area contributed by atoms with E-state index in [9.17, 15) is 4.79 Å². The Kier molecular flexibility index (Phi) is 7.27. The number of thiazole rings is 1. The molecule has 0 bridgehead atoms. The summed E-state index contributed by atoms with van der Waals surface area (Å²) in [5, 5.41) is 2.94. The van der Waals surface area contributed by atoms with E-state index >= 15 is 0 Å². The van der Waals surface area contributed by atoms with E-state index < -0.39 is 0 Å². The molecule has 3 rings (SSSR count). The quantitative estimate of drug-likeness (QED) is 0.441. The highest BCUT2D eigenvalue weighted by Crippen LogP contribution is 2.25. The van der Waals surface area contributed by atoms with Gasteiger partial charge in [0.15, 0.2) is 0 Å². The molecule has 1 aromatic heterocycles. The molecule has 0 saturated heterocycles. The van der Waals surface area contributed by atoms with E-state index in [2.05, 4.69) is 46.8 Å². The molecule has 1 atom stereocenters. The van der Waals surface area contributed by atoms with Gasteiger partial charge in [0.25, 0.3) is 5.91 Å². The highest BCUT2D eigenvalue weighted by atomic mass is 32.1. The predicted octanol–water partition coefficient (Wildman–Crippen LogP) is 6.09. The maximum Gasteiger partial charge on any atom is 0.254 e.